The molecule has 0 amide bonds. The molecule has 1 spiro atoms. The number of carbonyl (C=O) groups excluding carboxylic acids is 1. The summed E-state index contributed by atoms with van der Waals surface area (Å²) in [7, 11) is 0. The van der Waals surface area contributed by atoms with Crippen LogP contribution in [0.4, 0.5) is 0 Å². The second kappa shape index (κ2) is 6.74. The molecule has 1 saturated heterocycles. The van der Waals surface area contributed by atoms with Crippen molar-refractivity contribution in [1.29, 1.82) is 0 Å². The van der Waals surface area contributed by atoms with Crippen LogP contribution in [0, 0.1) is 10.8 Å². The van der Waals surface area contributed by atoms with Crippen LogP contribution in [0.25, 0.3) is 5.70 Å². The molecule has 6 nitrogen and oxygen atoms in total. The zero-order chi connectivity index (χ0) is 20.9. The zero-order valence-corrected chi connectivity index (χ0v) is 17.5. The summed E-state index contributed by atoms with van der Waals surface area (Å²) >= 11 is 0. The highest BCUT2D eigenvalue weighted by atomic mass is 16.6. The first kappa shape index (κ1) is 20.2. The fourth-order valence-corrected chi connectivity index (χ4v) is 5.50. The maximum atomic E-state index is 11.8. The van der Waals surface area contributed by atoms with Gasteiger partial charge in [-0.2, -0.15) is 0 Å². The lowest BCUT2D eigenvalue weighted by molar-refractivity contribution is -0.160. The van der Waals surface area contributed by atoms with Crippen LogP contribution >= 0.6 is 0 Å². The molecule has 1 aromatic carbocycles. The molecular formula is C23H31NO5. The van der Waals surface area contributed by atoms with E-state index in [9.17, 15) is 9.90 Å². The lowest BCUT2D eigenvalue weighted by Gasteiger charge is -2.48. The predicted molar refractivity (Wildman–Crippen MR) is 109 cm³/mol. The molecule has 2 aliphatic carbocycles. The average molecular weight is 402 g/mol. The molecule has 3 N–H and O–H groups in total. The molecule has 6 heteroatoms. The monoisotopic (exact) mass is 401 g/mol. The maximum Gasteiger partial charge on any atom is 0.332 e. The number of rotatable bonds is 7. The predicted octanol–water partition coefficient (Wildman–Crippen LogP) is 3.65. The quantitative estimate of drug-likeness (QED) is 0.412. The summed E-state index contributed by atoms with van der Waals surface area (Å²) in [6.45, 7) is 6.79. The Morgan fingerprint density at radius 1 is 1.34 bits per heavy atom. The van der Waals surface area contributed by atoms with Crippen molar-refractivity contribution in [2.45, 2.75) is 57.7 Å². The topological polar surface area (TPSA) is 91.0 Å². The van der Waals surface area contributed by atoms with Crippen LogP contribution in [-0.4, -0.2) is 36.5 Å². The van der Waals surface area contributed by atoms with Gasteiger partial charge < -0.3 is 25.1 Å². The third-order valence-electron chi connectivity index (χ3n) is 6.97. The Bertz CT molecular complexity index is 840. The van der Waals surface area contributed by atoms with Gasteiger partial charge >= 0.3 is 5.97 Å². The Kier molecular flexibility index (Phi) is 4.70. The average Bonchev–Trinajstić information content (AvgIpc) is 3.30. The summed E-state index contributed by atoms with van der Waals surface area (Å²) in [6.07, 6.45) is 5.10. The molecule has 3 aliphatic rings. The minimum absolute atomic E-state index is 0.0127. The van der Waals surface area contributed by atoms with Crippen molar-refractivity contribution in [2.24, 2.45) is 16.6 Å². The highest BCUT2D eigenvalue weighted by molar-refractivity contribution is 5.71. The summed E-state index contributed by atoms with van der Waals surface area (Å²) in [6, 6.07) is 8.00. The molecule has 3 unspecified atom stereocenters. The van der Waals surface area contributed by atoms with E-state index in [0.717, 1.165) is 49.7 Å². The molecule has 4 rings (SSSR count). The second-order valence-electron chi connectivity index (χ2n) is 9.71. The molecule has 1 heterocycles. The number of carbonyl (C=O) groups is 1. The molecule has 0 aromatic heterocycles. The third-order valence-corrected chi connectivity index (χ3v) is 6.97. The first-order valence-electron chi connectivity index (χ1n) is 10.3. The van der Waals surface area contributed by atoms with Crippen LogP contribution in [0.5, 0.6) is 0 Å². The number of esters is 1. The molecule has 0 radical (unpaired) electrons. The molecule has 3 atom stereocenters. The lowest BCUT2D eigenvalue weighted by atomic mass is 9.60. The van der Waals surface area contributed by atoms with Crippen molar-refractivity contribution in [1.82, 2.24) is 0 Å². The minimum Gasteiger partial charge on any atom is -0.513 e. The van der Waals surface area contributed by atoms with Crippen LogP contribution in [0.2, 0.25) is 0 Å². The Morgan fingerprint density at radius 2 is 2.14 bits per heavy atom. The highest BCUT2D eigenvalue weighted by Gasteiger charge is 2.84. The van der Waals surface area contributed by atoms with Crippen LogP contribution in [0.15, 0.2) is 30.5 Å². The lowest BCUT2D eigenvalue weighted by Crippen LogP contribution is -2.46. The van der Waals surface area contributed by atoms with E-state index in [0.29, 0.717) is 12.3 Å². The number of aliphatic hydroxyl groups is 1. The molecule has 3 fully saturated rings. The first-order valence-corrected chi connectivity index (χ1v) is 10.3. The number of aliphatic hydroxyl groups excluding tert-OH is 1. The molecule has 2 saturated carbocycles. The molecule has 29 heavy (non-hydrogen) atoms. The van der Waals surface area contributed by atoms with E-state index >= 15 is 0 Å². The maximum absolute atomic E-state index is 11.8. The van der Waals surface area contributed by atoms with E-state index < -0.39 is 5.60 Å². The number of ether oxygens (including phenoxy) is 3. The van der Waals surface area contributed by atoms with Gasteiger partial charge in [0.2, 0.25) is 0 Å². The van der Waals surface area contributed by atoms with Crippen molar-refractivity contribution >= 4 is 11.7 Å². The van der Waals surface area contributed by atoms with Gasteiger partial charge in [-0.15, -0.1) is 0 Å². The Morgan fingerprint density at radius 3 is 2.79 bits per heavy atom. The Hall–Kier alpha value is -2.05. The van der Waals surface area contributed by atoms with E-state index in [2.05, 4.69) is 6.07 Å². The van der Waals surface area contributed by atoms with Gasteiger partial charge in [0, 0.05) is 23.0 Å². The first-order chi connectivity index (χ1) is 13.7. The number of hydrogen-bond acceptors (Lipinski definition) is 6. The van der Waals surface area contributed by atoms with E-state index in [-0.39, 0.29) is 29.0 Å². The van der Waals surface area contributed by atoms with Crippen molar-refractivity contribution in [2.75, 3.05) is 19.8 Å². The van der Waals surface area contributed by atoms with E-state index in [1.54, 1.807) is 0 Å². The number of benzene rings is 1. The normalized spacial score (nSPS) is 32.9. The van der Waals surface area contributed by atoms with Crippen LogP contribution < -0.4 is 5.73 Å². The van der Waals surface area contributed by atoms with Crippen LogP contribution in [-0.2, 0) is 24.6 Å². The van der Waals surface area contributed by atoms with Crippen LogP contribution in [0.3, 0.4) is 0 Å². The van der Waals surface area contributed by atoms with Gasteiger partial charge in [0.1, 0.15) is 18.5 Å². The standard InChI is InChI=1S/C23H31NO5/c1-20(2,3)29-19(26)13-27-10-9-21-14-22(21)7-8-23(22,28-15-21)17-6-4-5-16(11-17)18(24)12-25/h4-6,11-12,25H,7-10,13-15,24H2,1-3H3/b18-12-. The smallest absolute Gasteiger partial charge is 0.332 e. The number of hydrogen-bond donors (Lipinski definition) is 2. The van der Waals surface area contributed by atoms with Gasteiger partial charge in [-0.05, 0) is 58.1 Å². The van der Waals surface area contributed by atoms with Gasteiger partial charge in [0.05, 0.1) is 17.9 Å². The minimum atomic E-state index is -0.492. The van der Waals surface area contributed by atoms with E-state index in [4.69, 9.17) is 19.9 Å². The van der Waals surface area contributed by atoms with Crippen LogP contribution in [0.1, 0.15) is 57.6 Å². The number of nitrogens with two attached hydrogens (primary N) is 1. The van der Waals surface area contributed by atoms with Crippen molar-refractivity contribution in [3.63, 3.8) is 0 Å². The van der Waals surface area contributed by atoms with Gasteiger partial charge in [-0.3, -0.25) is 0 Å². The van der Waals surface area contributed by atoms with Crippen molar-refractivity contribution in [3.05, 3.63) is 41.7 Å². The molecule has 1 aromatic rings. The SMILES string of the molecule is CC(C)(C)OC(=O)COCCC12COC3(c4cccc(/C(N)=C/O)c4)CCC13C2. The molecule has 158 valence electrons. The second-order valence-corrected chi connectivity index (χ2v) is 9.71. The largest absolute Gasteiger partial charge is 0.513 e. The van der Waals surface area contributed by atoms with Gasteiger partial charge in [-0.1, -0.05) is 18.2 Å². The fraction of sp³-hybridized carbons (Fsp3) is 0.609. The van der Waals surface area contributed by atoms with Crippen molar-refractivity contribution in [3.8, 4) is 0 Å². The summed E-state index contributed by atoms with van der Waals surface area (Å²) in [4.78, 5) is 11.8. The Labute approximate surface area is 172 Å². The summed E-state index contributed by atoms with van der Waals surface area (Å²) in [5.74, 6) is -0.326. The summed E-state index contributed by atoms with van der Waals surface area (Å²) in [5, 5.41) is 9.23. The highest BCUT2D eigenvalue weighted by Crippen LogP contribution is 2.86. The molecule has 0 bridgehead atoms. The fourth-order valence-electron chi connectivity index (χ4n) is 5.50. The summed E-state index contributed by atoms with van der Waals surface area (Å²) in [5.41, 5.74) is 7.73. The zero-order valence-electron chi connectivity index (χ0n) is 17.5. The van der Waals surface area contributed by atoms with Crippen molar-refractivity contribution < 1.29 is 24.1 Å². The van der Waals surface area contributed by atoms with E-state index in [1.165, 1.54) is 0 Å². The molecular weight excluding hydrogens is 370 g/mol. The summed E-state index contributed by atoms with van der Waals surface area (Å²) < 4.78 is 17.3. The van der Waals surface area contributed by atoms with E-state index in [1.807, 2.05) is 39.0 Å². The Balaban J connectivity index is 1.39. The molecule has 1 aliphatic heterocycles. The van der Waals surface area contributed by atoms with Gasteiger partial charge in [0.15, 0.2) is 0 Å². The third kappa shape index (κ3) is 3.13. The van der Waals surface area contributed by atoms with Gasteiger partial charge in [-0.25, -0.2) is 4.79 Å². The van der Waals surface area contributed by atoms with Gasteiger partial charge in [0.25, 0.3) is 0 Å².